The van der Waals surface area contributed by atoms with Gasteiger partial charge in [-0.25, -0.2) is 9.98 Å². The third-order valence-electron chi connectivity index (χ3n) is 4.66. The fourth-order valence-electron chi connectivity index (χ4n) is 3.42. The molecule has 0 radical (unpaired) electrons. The summed E-state index contributed by atoms with van der Waals surface area (Å²) in [5.74, 6) is 1.42. The standard InChI is InChI=1S/C21H22N2O2/c1-14-20(16-9-5-3-6-10-16)24-18(22-14)13-19-23-15(2)21(25-19)17-11-7-4-8-12-17/h3-12,14-15,20-21H,13H2,1-2H3/t14-,15-,20-,21-/m0/s1. The van der Waals surface area contributed by atoms with E-state index in [0.717, 1.165) is 11.1 Å². The maximum Gasteiger partial charge on any atom is 0.193 e. The van der Waals surface area contributed by atoms with Crippen molar-refractivity contribution >= 4 is 11.8 Å². The minimum Gasteiger partial charge on any atom is -0.470 e. The van der Waals surface area contributed by atoms with E-state index in [4.69, 9.17) is 9.47 Å². The molecule has 0 aliphatic carbocycles. The lowest BCUT2D eigenvalue weighted by atomic mass is 10.0. The molecule has 2 heterocycles. The molecule has 4 heteroatoms. The van der Waals surface area contributed by atoms with Gasteiger partial charge in [-0.1, -0.05) is 60.7 Å². The van der Waals surface area contributed by atoms with Crippen molar-refractivity contribution in [2.24, 2.45) is 9.98 Å². The van der Waals surface area contributed by atoms with Crippen molar-refractivity contribution in [3.05, 3.63) is 71.8 Å². The summed E-state index contributed by atoms with van der Waals surface area (Å²) in [7, 11) is 0. The molecule has 0 aromatic heterocycles. The molecule has 0 saturated carbocycles. The summed E-state index contributed by atoms with van der Waals surface area (Å²) in [6, 6.07) is 20.6. The van der Waals surface area contributed by atoms with Crippen molar-refractivity contribution < 1.29 is 9.47 Å². The van der Waals surface area contributed by atoms with Crippen molar-refractivity contribution in [1.82, 2.24) is 0 Å². The van der Waals surface area contributed by atoms with E-state index in [1.165, 1.54) is 0 Å². The van der Waals surface area contributed by atoms with Crippen LogP contribution in [-0.2, 0) is 9.47 Å². The molecule has 128 valence electrons. The van der Waals surface area contributed by atoms with Gasteiger partial charge < -0.3 is 9.47 Å². The first-order chi connectivity index (χ1) is 12.2. The molecule has 0 spiro atoms. The van der Waals surface area contributed by atoms with E-state index in [2.05, 4.69) is 48.1 Å². The van der Waals surface area contributed by atoms with Gasteiger partial charge in [-0.15, -0.1) is 0 Å². The summed E-state index contributed by atoms with van der Waals surface area (Å²) in [5, 5.41) is 0. The third kappa shape index (κ3) is 3.29. The highest BCUT2D eigenvalue weighted by atomic mass is 16.5. The Morgan fingerprint density at radius 2 is 1.08 bits per heavy atom. The number of benzene rings is 2. The smallest absolute Gasteiger partial charge is 0.193 e. The number of ether oxygens (including phenoxy) is 2. The van der Waals surface area contributed by atoms with Crippen molar-refractivity contribution in [3.8, 4) is 0 Å². The van der Waals surface area contributed by atoms with Crippen LogP contribution in [0.3, 0.4) is 0 Å². The Balaban J connectivity index is 1.42. The molecule has 4 atom stereocenters. The van der Waals surface area contributed by atoms with E-state index in [0.29, 0.717) is 18.2 Å². The van der Waals surface area contributed by atoms with Crippen molar-refractivity contribution in [2.75, 3.05) is 0 Å². The first-order valence-corrected chi connectivity index (χ1v) is 8.77. The molecule has 0 bridgehead atoms. The number of hydrogen-bond acceptors (Lipinski definition) is 4. The Kier molecular flexibility index (Phi) is 4.26. The molecule has 0 N–H and O–H groups in total. The molecule has 2 aliphatic rings. The van der Waals surface area contributed by atoms with E-state index in [1.807, 2.05) is 36.4 Å². The topological polar surface area (TPSA) is 43.2 Å². The molecule has 0 unspecified atom stereocenters. The molecule has 2 aliphatic heterocycles. The number of rotatable bonds is 4. The molecular formula is C21H22N2O2. The highest BCUT2D eigenvalue weighted by Gasteiger charge is 2.33. The molecule has 0 fully saturated rings. The average Bonchev–Trinajstić information content (AvgIpc) is 3.19. The Hall–Kier alpha value is -2.62. The van der Waals surface area contributed by atoms with E-state index in [9.17, 15) is 0 Å². The Morgan fingerprint density at radius 1 is 0.680 bits per heavy atom. The lowest BCUT2D eigenvalue weighted by Crippen LogP contribution is -2.14. The van der Waals surface area contributed by atoms with Crippen LogP contribution < -0.4 is 0 Å². The predicted octanol–water partition coefficient (Wildman–Crippen LogP) is 4.49. The normalized spacial score (nSPS) is 28.1. The zero-order valence-electron chi connectivity index (χ0n) is 14.5. The summed E-state index contributed by atoms with van der Waals surface area (Å²) in [5.41, 5.74) is 2.30. The second-order valence-corrected chi connectivity index (χ2v) is 6.60. The van der Waals surface area contributed by atoms with Gasteiger partial charge >= 0.3 is 0 Å². The third-order valence-corrected chi connectivity index (χ3v) is 4.66. The van der Waals surface area contributed by atoms with Crippen LogP contribution in [0.5, 0.6) is 0 Å². The van der Waals surface area contributed by atoms with Crippen molar-refractivity contribution in [1.29, 1.82) is 0 Å². The zero-order chi connectivity index (χ0) is 17.2. The van der Waals surface area contributed by atoms with Gasteiger partial charge in [-0.2, -0.15) is 0 Å². The second-order valence-electron chi connectivity index (χ2n) is 6.60. The zero-order valence-corrected chi connectivity index (χ0v) is 14.5. The van der Waals surface area contributed by atoms with Gasteiger partial charge in [0.15, 0.2) is 11.8 Å². The Bertz CT molecular complexity index is 719. The average molecular weight is 334 g/mol. The van der Waals surface area contributed by atoms with Crippen LogP contribution in [0.15, 0.2) is 70.6 Å². The molecule has 4 nitrogen and oxygen atoms in total. The van der Waals surface area contributed by atoms with Crippen LogP contribution in [0.2, 0.25) is 0 Å². The van der Waals surface area contributed by atoms with Crippen LogP contribution in [0, 0.1) is 0 Å². The van der Waals surface area contributed by atoms with Gasteiger partial charge in [0.05, 0.1) is 18.5 Å². The Morgan fingerprint density at radius 3 is 1.48 bits per heavy atom. The van der Waals surface area contributed by atoms with E-state index in [1.54, 1.807) is 0 Å². The van der Waals surface area contributed by atoms with Gasteiger partial charge in [-0.3, -0.25) is 0 Å². The van der Waals surface area contributed by atoms with Crippen LogP contribution in [0.25, 0.3) is 0 Å². The lowest BCUT2D eigenvalue weighted by Gasteiger charge is -2.16. The maximum absolute atomic E-state index is 6.09. The Labute approximate surface area is 148 Å². The fourth-order valence-corrected chi connectivity index (χ4v) is 3.42. The van der Waals surface area contributed by atoms with Crippen LogP contribution in [0.1, 0.15) is 43.6 Å². The molecule has 2 aromatic rings. The quantitative estimate of drug-likeness (QED) is 0.826. The minimum absolute atomic E-state index is 0.0273. The molecule has 0 amide bonds. The van der Waals surface area contributed by atoms with E-state index < -0.39 is 0 Å². The van der Waals surface area contributed by atoms with E-state index in [-0.39, 0.29) is 24.3 Å². The van der Waals surface area contributed by atoms with Gasteiger partial charge in [0.25, 0.3) is 0 Å². The van der Waals surface area contributed by atoms with Crippen LogP contribution in [0.4, 0.5) is 0 Å². The summed E-state index contributed by atoms with van der Waals surface area (Å²) in [6.07, 6.45) is 0.461. The number of aliphatic imine (C=N–C) groups is 2. The summed E-state index contributed by atoms with van der Waals surface area (Å²) < 4.78 is 12.2. The minimum atomic E-state index is -0.0273. The molecule has 2 aromatic carbocycles. The molecule has 0 saturated heterocycles. The summed E-state index contributed by atoms with van der Waals surface area (Å²) in [6.45, 7) is 4.16. The van der Waals surface area contributed by atoms with Crippen LogP contribution in [-0.4, -0.2) is 23.9 Å². The molecule has 25 heavy (non-hydrogen) atoms. The highest BCUT2D eigenvalue weighted by Crippen LogP contribution is 2.33. The fraction of sp³-hybridized carbons (Fsp3) is 0.333. The summed E-state index contributed by atoms with van der Waals surface area (Å²) in [4.78, 5) is 9.33. The van der Waals surface area contributed by atoms with Gasteiger partial charge in [0.2, 0.25) is 0 Å². The predicted molar refractivity (Wildman–Crippen MR) is 98.9 cm³/mol. The van der Waals surface area contributed by atoms with Gasteiger partial charge in [0.1, 0.15) is 12.2 Å². The lowest BCUT2D eigenvalue weighted by molar-refractivity contribution is 0.188. The molecule has 4 rings (SSSR count). The number of hydrogen-bond donors (Lipinski definition) is 0. The maximum atomic E-state index is 6.09. The van der Waals surface area contributed by atoms with Crippen molar-refractivity contribution in [2.45, 2.75) is 44.6 Å². The first-order valence-electron chi connectivity index (χ1n) is 8.77. The monoisotopic (exact) mass is 334 g/mol. The molecular weight excluding hydrogens is 312 g/mol. The van der Waals surface area contributed by atoms with Crippen molar-refractivity contribution in [3.63, 3.8) is 0 Å². The van der Waals surface area contributed by atoms with Gasteiger partial charge in [-0.05, 0) is 25.0 Å². The van der Waals surface area contributed by atoms with E-state index >= 15 is 0 Å². The van der Waals surface area contributed by atoms with Crippen LogP contribution >= 0.6 is 0 Å². The first kappa shape index (κ1) is 15.9. The summed E-state index contributed by atoms with van der Waals surface area (Å²) >= 11 is 0. The van der Waals surface area contributed by atoms with Gasteiger partial charge in [0, 0.05) is 0 Å². The number of nitrogens with zero attached hydrogens (tertiary/aromatic N) is 2. The highest BCUT2D eigenvalue weighted by molar-refractivity contribution is 5.98. The SMILES string of the molecule is C[C@@H]1N=C(CC2=N[C@@H](C)[C@@H](c3ccccc3)O2)O[C@@H]1c1ccccc1. The largest absolute Gasteiger partial charge is 0.470 e. The second kappa shape index (κ2) is 6.71.